The van der Waals surface area contributed by atoms with Gasteiger partial charge < -0.3 is 10.6 Å². The fraction of sp³-hybridized carbons (Fsp3) is 0.565. The molecule has 1 aliphatic rings. The number of thiazole rings is 1. The first-order chi connectivity index (χ1) is 14.1. The molecule has 1 saturated heterocycles. The van der Waals surface area contributed by atoms with Crippen molar-refractivity contribution in [1.29, 1.82) is 0 Å². The summed E-state index contributed by atoms with van der Waals surface area (Å²) in [6.07, 6.45) is 5.49. The standard InChI is InChI=1S/C23H35N5S.HI/c1-4-24-23(25-12-9-22-26-15-19(3)29-22)27-16-20-7-5-6-8-21(20)17-28-13-10-18(2)11-14-28;/h5-8,15,18H,4,9-14,16-17H2,1-3H3,(H2,24,25,27);1H. The summed E-state index contributed by atoms with van der Waals surface area (Å²) in [5.74, 6) is 1.75. The van der Waals surface area contributed by atoms with Crippen molar-refractivity contribution in [2.24, 2.45) is 10.9 Å². The fourth-order valence-electron chi connectivity index (χ4n) is 3.64. The molecule has 7 heteroatoms. The van der Waals surface area contributed by atoms with E-state index in [-0.39, 0.29) is 24.0 Å². The highest BCUT2D eigenvalue weighted by Crippen LogP contribution is 2.20. The van der Waals surface area contributed by atoms with Gasteiger partial charge in [0.05, 0.1) is 11.6 Å². The Morgan fingerprint density at radius 1 is 1.20 bits per heavy atom. The fourth-order valence-corrected chi connectivity index (χ4v) is 4.42. The van der Waals surface area contributed by atoms with Crippen LogP contribution < -0.4 is 10.6 Å². The molecule has 0 unspecified atom stereocenters. The lowest BCUT2D eigenvalue weighted by atomic mass is 9.98. The molecule has 0 spiro atoms. The lowest BCUT2D eigenvalue weighted by molar-refractivity contribution is 0.185. The minimum atomic E-state index is 0. The van der Waals surface area contributed by atoms with Crippen LogP contribution in [-0.2, 0) is 19.5 Å². The highest BCUT2D eigenvalue weighted by molar-refractivity contribution is 14.0. The summed E-state index contributed by atoms with van der Waals surface area (Å²) in [5.41, 5.74) is 2.72. The predicted molar refractivity (Wildman–Crippen MR) is 139 cm³/mol. The predicted octanol–water partition coefficient (Wildman–Crippen LogP) is 4.60. The molecular formula is C23H36IN5S. The summed E-state index contributed by atoms with van der Waals surface area (Å²) in [4.78, 5) is 13.1. The van der Waals surface area contributed by atoms with Gasteiger partial charge in [0.1, 0.15) is 0 Å². The van der Waals surface area contributed by atoms with Crippen molar-refractivity contribution in [3.63, 3.8) is 0 Å². The molecule has 0 amide bonds. The number of benzene rings is 1. The highest BCUT2D eigenvalue weighted by Gasteiger charge is 2.16. The Hall–Kier alpha value is -1.19. The topological polar surface area (TPSA) is 52.6 Å². The first kappa shape index (κ1) is 25.1. The average molecular weight is 542 g/mol. The maximum Gasteiger partial charge on any atom is 0.191 e. The smallest absolute Gasteiger partial charge is 0.191 e. The number of nitrogens with zero attached hydrogens (tertiary/aromatic N) is 3. The number of piperidine rings is 1. The quantitative estimate of drug-likeness (QED) is 0.292. The molecule has 2 N–H and O–H groups in total. The third-order valence-corrected chi connectivity index (χ3v) is 6.41. The van der Waals surface area contributed by atoms with E-state index in [1.54, 1.807) is 11.3 Å². The van der Waals surface area contributed by atoms with Gasteiger partial charge in [0.15, 0.2) is 5.96 Å². The van der Waals surface area contributed by atoms with Gasteiger partial charge in [0, 0.05) is 37.1 Å². The zero-order valence-electron chi connectivity index (χ0n) is 18.5. The molecule has 1 aliphatic heterocycles. The molecule has 0 radical (unpaired) electrons. The summed E-state index contributed by atoms with van der Waals surface area (Å²) in [6, 6.07) is 8.74. The van der Waals surface area contributed by atoms with Crippen molar-refractivity contribution in [2.45, 2.75) is 53.1 Å². The van der Waals surface area contributed by atoms with Gasteiger partial charge in [-0.3, -0.25) is 4.90 Å². The summed E-state index contributed by atoms with van der Waals surface area (Å²) in [7, 11) is 0. The summed E-state index contributed by atoms with van der Waals surface area (Å²) < 4.78 is 0. The minimum absolute atomic E-state index is 0. The van der Waals surface area contributed by atoms with E-state index in [1.807, 2.05) is 6.20 Å². The lowest BCUT2D eigenvalue weighted by Crippen LogP contribution is -2.38. The molecule has 1 fully saturated rings. The summed E-state index contributed by atoms with van der Waals surface area (Å²) in [5, 5.41) is 7.98. The van der Waals surface area contributed by atoms with E-state index in [1.165, 1.54) is 46.9 Å². The van der Waals surface area contributed by atoms with E-state index < -0.39 is 0 Å². The highest BCUT2D eigenvalue weighted by atomic mass is 127. The van der Waals surface area contributed by atoms with E-state index in [0.717, 1.165) is 37.9 Å². The van der Waals surface area contributed by atoms with Crippen LogP contribution in [0.15, 0.2) is 35.5 Å². The van der Waals surface area contributed by atoms with Crippen molar-refractivity contribution in [1.82, 2.24) is 20.5 Å². The van der Waals surface area contributed by atoms with E-state index in [9.17, 15) is 0 Å². The Balaban J connectivity index is 0.00000320. The number of hydrogen-bond acceptors (Lipinski definition) is 4. The van der Waals surface area contributed by atoms with Gasteiger partial charge in [-0.05, 0) is 56.8 Å². The second kappa shape index (κ2) is 13.3. The lowest BCUT2D eigenvalue weighted by Gasteiger charge is -2.30. The van der Waals surface area contributed by atoms with Crippen LogP contribution in [-0.4, -0.2) is 42.0 Å². The molecule has 0 saturated carbocycles. The number of aryl methyl sites for hydroxylation is 1. The van der Waals surface area contributed by atoms with Gasteiger partial charge in [-0.15, -0.1) is 35.3 Å². The van der Waals surface area contributed by atoms with Crippen LogP contribution in [0.1, 0.15) is 47.7 Å². The van der Waals surface area contributed by atoms with Crippen LogP contribution in [0.2, 0.25) is 0 Å². The van der Waals surface area contributed by atoms with Crippen molar-refractivity contribution < 1.29 is 0 Å². The van der Waals surface area contributed by atoms with Crippen LogP contribution in [0.3, 0.4) is 0 Å². The molecule has 1 aromatic heterocycles. The number of rotatable bonds is 8. The van der Waals surface area contributed by atoms with E-state index in [0.29, 0.717) is 6.54 Å². The number of aliphatic imine (C=N–C) groups is 1. The maximum atomic E-state index is 4.84. The molecule has 30 heavy (non-hydrogen) atoms. The third kappa shape index (κ3) is 8.15. The van der Waals surface area contributed by atoms with Crippen LogP contribution >= 0.6 is 35.3 Å². The molecule has 0 aliphatic carbocycles. The van der Waals surface area contributed by atoms with Crippen molar-refractivity contribution in [2.75, 3.05) is 26.2 Å². The summed E-state index contributed by atoms with van der Waals surface area (Å²) >= 11 is 1.77. The normalized spacial score (nSPS) is 15.6. The minimum Gasteiger partial charge on any atom is -0.357 e. The first-order valence-corrected chi connectivity index (χ1v) is 11.7. The number of guanidine groups is 1. The van der Waals surface area contributed by atoms with Crippen molar-refractivity contribution >= 4 is 41.3 Å². The van der Waals surface area contributed by atoms with Crippen LogP contribution in [0.5, 0.6) is 0 Å². The zero-order chi connectivity index (χ0) is 20.5. The van der Waals surface area contributed by atoms with Gasteiger partial charge in [0.25, 0.3) is 0 Å². The monoisotopic (exact) mass is 541 g/mol. The molecule has 0 bridgehead atoms. The van der Waals surface area contributed by atoms with Gasteiger partial charge in [-0.1, -0.05) is 31.2 Å². The molecular weight excluding hydrogens is 505 g/mol. The Morgan fingerprint density at radius 3 is 2.60 bits per heavy atom. The van der Waals surface area contributed by atoms with Crippen molar-refractivity contribution in [3.05, 3.63) is 51.5 Å². The van der Waals surface area contributed by atoms with Crippen LogP contribution in [0.25, 0.3) is 0 Å². The maximum absolute atomic E-state index is 4.84. The van der Waals surface area contributed by atoms with Gasteiger partial charge in [-0.25, -0.2) is 9.98 Å². The second-order valence-corrected chi connectivity index (χ2v) is 9.28. The number of halogens is 1. The number of likely N-dealkylation sites (tertiary alicyclic amines) is 1. The number of nitrogens with one attached hydrogen (secondary N) is 2. The molecule has 166 valence electrons. The largest absolute Gasteiger partial charge is 0.357 e. The Labute approximate surface area is 202 Å². The molecule has 2 aromatic rings. The van der Waals surface area contributed by atoms with E-state index in [2.05, 4.69) is 65.6 Å². The summed E-state index contributed by atoms with van der Waals surface area (Å²) in [6.45, 7) is 12.4. The van der Waals surface area contributed by atoms with Gasteiger partial charge in [-0.2, -0.15) is 0 Å². The Morgan fingerprint density at radius 2 is 1.93 bits per heavy atom. The Bertz CT molecular complexity index is 783. The number of aromatic nitrogens is 1. The molecule has 0 atom stereocenters. The molecule has 3 rings (SSSR count). The number of hydrogen-bond donors (Lipinski definition) is 2. The first-order valence-electron chi connectivity index (χ1n) is 10.9. The van der Waals surface area contributed by atoms with Gasteiger partial charge >= 0.3 is 0 Å². The average Bonchev–Trinajstić information content (AvgIpc) is 3.14. The SMILES string of the molecule is CCNC(=NCc1ccccc1CN1CCC(C)CC1)NCCc1ncc(C)s1.I. The molecule has 2 heterocycles. The second-order valence-electron chi connectivity index (χ2n) is 7.96. The van der Waals surface area contributed by atoms with Crippen LogP contribution in [0, 0.1) is 12.8 Å². The Kier molecular flexibility index (Phi) is 11.1. The van der Waals surface area contributed by atoms with Gasteiger partial charge in [0.2, 0.25) is 0 Å². The van der Waals surface area contributed by atoms with Crippen LogP contribution in [0.4, 0.5) is 0 Å². The third-order valence-electron chi connectivity index (χ3n) is 5.44. The van der Waals surface area contributed by atoms with E-state index in [4.69, 9.17) is 4.99 Å². The van der Waals surface area contributed by atoms with Crippen molar-refractivity contribution in [3.8, 4) is 0 Å². The molecule has 1 aromatic carbocycles. The molecule has 5 nitrogen and oxygen atoms in total. The zero-order valence-corrected chi connectivity index (χ0v) is 21.6. The van der Waals surface area contributed by atoms with E-state index >= 15 is 0 Å².